The van der Waals surface area contributed by atoms with Crippen LogP contribution in [-0.2, 0) is 4.79 Å². The Balaban J connectivity index is 4.58. The third-order valence-corrected chi connectivity index (χ3v) is 2.71. The molecule has 2 atom stereocenters. The van der Waals surface area contributed by atoms with Gasteiger partial charge in [-0.05, 0) is 25.2 Å². The average molecular weight is 188 g/mol. The van der Waals surface area contributed by atoms with Crippen LogP contribution >= 0.6 is 0 Å². The monoisotopic (exact) mass is 188 g/mol. The molecule has 0 heterocycles. The molecule has 0 saturated carbocycles. The summed E-state index contributed by atoms with van der Waals surface area (Å²) in [6.07, 6.45) is 2.67. The number of hydrogen-bond donors (Lipinski definition) is 2. The Kier molecular flexibility index (Phi) is 4.99. The first-order valence-corrected chi connectivity index (χ1v) is 4.98. The molecule has 0 radical (unpaired) electrons. The van der Waals surface area contributed by atoms with Crippen molar-refractivity contribution in [1.82, 2.24) is 0 Å². The van der Waals surface area contributed by atoms with Gasteiger partial charge in [0.1, 0.15) is 0 Å². The predicted octanol–water partition coefficient (Wildman–Crippen LogP) is 2.04. The summed E-state index contributed by atoms with van der Waals surface area (Å²) in [5, 5.41) is 18.8. The van der Waals surface area contributed by atoms with Gasteiger partial charge < -0.3 is 10.2 Å². The quantitative estimate of drug-likeness (QED) is 0.670. The summed E-state index contributed by atoms with van der Waals surface area (Å²) in [5.74, 6) is -1.21. The topological polar surface area (TPSA) is 57.5 Å². The minimum Gasteiger partial charge on any atom is -0.479 e. The molecular formula is C10H20O3. The molecule has 0 saturated heterocycles. The maximum Gasteiger partial charge on any atom is 0.335 e. The van der Waals surface area contributed by atoms with E-state index >= 15 is 0 Å². The fraction of sp³-hybridized carbons (Fsp3) is 0.900. The molecule has 0 aliphatic rings. The van der Waals surface area contributed by atoms with Gasteiger partial charge in [0.25, 0.3) is 0 Å². The Bertz CT molecular complexity index is 168. The van der Waals surface area contributed by atoms with Crippen molar-refractivity contribution in [2.24, 2.45) is 5.92 Å². The molecule has 2 unspecified atom stereocenters. The Hall–Kier alpha value is -0.570. The smallest absolute Gasteiger partial charge is 0.335 e. The van der Waals surface area contributed by atoms with Crippen molar-refractivity contribution in [3.8, 4) is 0 Å². The van der Waals surface area contributed by atoms with Gasteiger partial charge in [-0.1, -0.05) is 27.2 Å². The van der Waals surface area contributed by atoms with Crippen molar-refractivity contribution in [3.63, 3.8) is 0 Å². The fourth-order valence-electron chi connectivity index (χ4n) is 1.74. The van der Waals surface area contributed by atoms with Gasteiger partial charge in [0.05, 0.1) is 0 Å². The van der Waals surface area contributed by atoms with E-state index in [1.807, 2.05) is 13.8 Å². The number of rotatable bonds is 6. The fourth-order valence-corrected chi connectivity index (χ4v) is 1.74. The molecule has 0 aliphatic heterocycles. The lowest BCUT2D eigenvalue weighted by Crippen LogP contribution is -2.45. The van der Waals surface area contributed by atoms with Gasteiger partial charge in [0.2, 0.25) is 0 Å². The van der Waals surface area contributed by atoms with Crippen molar-refractivity contribution >= 4 is 5.97 Å². The Morgan fingerprint density at radius 1 is 1.38 bits per heavy atom. The molecule has 0 bridgehead atoms. The third kappa shape index (κ3) is 2.69. The van der Waals surface area contributed by atoms with Gasteiger partial charge in [-0.25, -0.2) is 4.79 Å². The summed E-state index contributed by atoms with van der Waals surface area (Å²) in [4.78, 5) is 10.9. The van der Waals surface area contributed by atoms with Gasteiger partial charge in [-0.2, -0.15) is 0 Å². The van der Waals surface area contributed by atoms with E-state index in [2.05, 4.69) is 0 Å². The van der Waals surface area contributed by atoms with Crippen LogP contribution in [-0.4, -0.2) is 21.8 Å². The van der Waals surface area contributed by atoms with Gasteiger partial charge >= 0.3 is 5.97 Å². The standard InChI is InChI=1S/C10H20O3/c1-4-7-8(5-2)10(13,6-3)9(11)12/h8,13H,4-7H2,1-3H3,(H,11,12). The highest BCUT2D eigenvalue weighted by molar-refractivity contribution is 5.77. The summed E-state index contributed by atoms with van der Waals surface area (Å²) in [7, 11) is 0. The van der Waals surface area contributed by atoms with E-state index in [0.717, 1.165) is 12.8 Å². The zero-order valence-electron chi connectivity index (χ0n) is 8.71. The number of carboxylic acids is 1. The second-order valence-electron chi connectivity index (χ2n) is 3.48. The van der Waals surface area contributed by atoms with Crippen LogP contribution in [0.1, 0.15) is 46.5 Å². The van der Waals surface area contributed by atoms with Crippen LogP contribution in [0.15, 0.2) is 0 Å². The molecule has 0 fully saturated rings. The molecular weight excluding hydrogens is 168 g/mol. The number of hydrogen-bond acceptors (Lipinski definition) is 2. The minimum absolute atomic E-state index is 0.125. The van der Waals surface area contributed by atoms with Crippen LogP contribution < -0.4 is 0 Å². The van der Waals surface area contributed by atoms with E-state index in [9.17, 15) is 9.90 Å². The highest BCUT2D eigenvalue weighted by Gasteiger charge is 2.40. The van der Waals surface area contributed by atoms with Crippen LogP contribution in [0.3, 0.4) is 0 Å². The molecule has 0 aromatic heterocycles. The van der Waals surface area contributed by atoms with E-state index in [4.69, 9.17) is 5.11 Å². The highest BCUT2D eigenvalue weighted by Crippen LogP contribution is 2.28. The molecule has 3 heteroatoms. The predicted molar refractivity (Wildman–Crippen MR) is 51.6 cm³/mol. The molecule has 0 spiro atoms. The zero-order valence-corrected chi connectivity index (χ0v) is 8.71. The van der Waals surface area contributed by atoms with Gasteiger partial charge in [0, 0.05) is 0 Å². The lowest BCUT2D eigenvalue weighted by Gasteiger charge is -2.30. The van der Waals surface area contributed by atoms with Crippen molar-refractivity contribution in [3.05, 3.63) is 0 Å². The van der Waals surface area contributed by atoms with Crippen LogP contribution in [0.4, 0.5) is 0 Å². The van der Waals surface area contributed by atoms with Crippen molar-refractivity contribution in [2.75, 3.05) is 0 Å². The van der Waals surface area contributed by atoms with Gasteiger partial charge in [-0.15, -0.1) is 0 Å². The number of carboxylic acid groups (broad SMARTS) is 1. The summed E-state index contributed by atoms with van der Waals surface area (Å²) >= 11 is 0. The first kappa shape index (κ1) is 12.4. The van der Waals surface area contributed by atoms with E-state index in [0.29, 0.717) is 6.42 Å². The molecule has 0 aromatic carbocycles. The Labute approximate surface area is 79.8 Å². The molecule has 0 aliphatic carbocycles. The van der Waals surface area contributed by atoms with Crippen LogP contribution in [0, 0.1) is 5.92 Å². The van der Waals surface area contributed by atoms with Crippen molar-refractivity contribution in [1.29, 1.82) is 0 Å². The lowest BCUT2D eigenvalue weighted by molar-refractivity contribution is -0.166. The van der Waals surface area contributed by atoms with Gasteiger partial charge in [-0.3, -0.25) is 0 Å². The number of aliphatic carboxylic acids is 1. The summed E-state index contributed by atoms with van der Waals surface area (Å²) in [5.41, 5.74) is -1.52. The maximum atomic E-state index is 10.9. The number of carbonyl (C=O) groups is 1. The van der Waals surface area contributed by atoms with Crippen LogP contribution in [0.5, 0.6) is 0 Å². The van der Waals surface area contributed by atoms with E-state index in [-0.39, 0.29) is 12.3 Å². The van der Waals surface area contributed by atoms with Gasteiger partial charge in [0.15, 0.2) is 5.60 Å². The van der Waals surface area contributed by atoms with E-state index in [1.165, 1.54) is 0 Å². The van der Waals surface area contributed by atoms with Crippen LogP contribution in [0.2, 0.25) is 0 Å². The average Bonchev–Trinajstić information content (AvgIpc) is 2.12. The van der Waals surface area contributed by atoms with Crippen LogP contribution in [0.25, 0.3) is 0 Å². The first-order chi connectivity index (χ1) is 6.02. The van der Waals surface area contributed by atoms with E-state index < -0.39 is 11.6 Å². The van der Waals surface area contributed by atoms with Crippen molar-refractivity contribution in [2.45, 2.75) is 52.1 Å². The maximum absolute atomic E-state index is 10.9. The molecule has 78 valence electrons. The molecule has 13 heavy (non-hydrogen) atoms. The summed E-state index contributed by atoms with van der Waals surface area (Å²) in [6, 6.07) is 0. The normalized spacial score (nSPS) is 17.8. The largest absolute Gasteiger partial charge is 0.479 e. The summed E-state index contributed by atoms with van der Waals surface area (Å²) in [6.45, 7) is 5.64. The van der Waals surface area contributed by atoms with Crippen molar-refractivity contribution < 1.29 is 15.0 Å². The second-order valence-corrected chi connectivity index (χ2v) is 3.48. The third-order valence-electron chi connectivity index (χ3n) is 2.71. The molecule has 0 rings (SSSR count). The molecule has 3 nitrogen and oxygen atoms in total. The molecule has 0 aromatic rings. The first-order valence-electron chi connectivity index (χ1n) is 4.98. The zero-order chi connectivity index (χ0) is 10.5. The van der Waals surface area contributed by atoms with E-state index in [1.54, 1.807) is 6.92 Å². The minimum atomic E-state index is -1.52. The Morgan fingerprint density at radius 3 is 2.15 bits per heavy atom. The molecule has 0 amide bonds. The SMILES string of the molecule is CCCC(CC)C(O)(CC)C(=O)O. The lowest BCUT2D eigenvalue weighted by atomic mass is 9.80. The number of aliphatic hydroxyl groups is 1. The highest BCUT2D eigenvalue weighted by atomic mass is 16.4. The second kappa shape index (κ2) is 5.22. The Morgan fingerprint density at radius 2 is 1.92 bits per heavy atom. The summed E-state index contributed by atoms with van der Waals surface area (Å²) < 4.78 is 0. The molecule has 2 N–H and O–H groups in total.